The Bertz CT molecular complexity index is 417. The first-order valence-electron chi connectivity index (χ1n) is 7.79. The normalized spacial score (nSPS) is 11.1. The molecule has 0 atom stereocenters. The molecule has 1 aromatic rings. The summed E-state index contributed by atoms with van der Waals surface area (Å²) in [6.07, 6.45) is 2.94. The van der Waals surface area contributed by atoms with Gasteiger partial charge in [-0.05, 0) is 18.4 Å². The zero-order chi connectivity index (χ0) is 16.2. The number of nitrogens with zero attached hydrogens (tertiary/aromatic N) is 3. The quantitative estimate of drug-likeness (QED) is 0.574. The molecule has 0 N–H and O–H groups in total. The van der Waals surface area contributed by atoms with Gasteiger partial charge in [0, 0.05) is 37.3 Å². The molecule has 7 heteroatoms. The minimum atomic E-state index is -0.365. The summed E-state index contributed by atoms with van der Waals surface area (Å²) in [7, 11) is 0. The van der Waals surface area contributed by atoms with Crippen LogP contribution in [0.3, 0.4) is 0 Å². The number of hydrogen-bond donors (Lipinski definition) is 0. The van der Waals surface area contributed by atoms with Crippen LogP contribution in [-0.4, -0.2) is 63.3 Å². The standard InChI is InChI=1S/C15H27N3O2S2/c1-4-20-15(19)18-12-14(16-13-18)11-17(7-9-21-5-2)8-10-22-6-3/h12-13H,4-11H2,1-3H3. The van der Waals surface area contributed by atoms with Gasteiger partial charge >= 0.3 is 6.09 Å². The molecular weight excluding hydrogens is 318 g/mol. The molecule has 0 bridgehead atoms. The highest BCUT2D eigenvalue weighted by atomic mass is 32.2. The molecule has 0 spiro atoms. The average Bonchev–Trinajstić information content (AvgIpc) is 2.96. The van der Waals surface area contributed by atoms with Gasteiger partial charge in [0.05, 0.1) is 12.3 Å². The predicted molar refractivity (Wildman–Crippen MR) is 95.9 cm³/mol. The maximum Gasteiger partial charge on any atom is 0.419 e. The fraction of sp³-hybridized carbons (Fsp3) is 0.733. The molecule has 1 aromatic heterocycles. The van der Waals surface area contributed by atoms with Crippen LogP contribution in [0.2, 0.25) is 0 Å². The highest BCUT2D eigenvalue weighted by molar-refractivity contribution is 7.99. The van der Waals surface area contributed by atoms with Gasteiger partial charge < -0.3 is 4.74 Å². The second-order valence-corrected chi connectivity index (χ2v) is 7.43. The monoisotopic (exact) mass is 345 g/mol. The molecule has 0 saturated carbocycles. The van der Waals surface area contributed by atoms with Crippen molar-refractivity contribution >= 4 is 29.6 Å². The largest absolute Gasteiger partial charge is 0.449 e. The Morgan fingerprint density at radius 2 is 1.86 bits per heavy atom. The van der Waals surface area contributed by atoms with E-state index in [0.717, 1.165) is 48.3 Å². The highest BCUT2D eigenvalue weighted by Gasteiger charge is 2.11. The number of thioether (sulfide) groups is 2. The lowest BCUT2D eigenvalue weighted by Gasteiger charge is -2.20. The number of carbonyl (C=O) groups excluding carboxylic acids is 1. The summed E-state index contributed by atoms with van der Waals surface area (Å²) in [5.74, 6) is 4.56. The predicted octanol–water partition coefficient (Wildman–Crippen LogP) is 3.20. The summed E-state index contributed by atoms with van der Waals surface area (Å²) in [6.45, 7) is 9.42. The van der Waals surface area contributed by atoms with Crippen molar-refractivity contribution in [2.75, 3.05) is 42.7 Å². The van der Waals surface area contributed by atoms with Crippen LogP contribution in [0.25, 0.3) is 0 Å². The van der Waals surface area contributed by atoms with Crippen LogP contribution in [0.5, 0.6) is 0 Å². The summed E-state index contributed by atoms with van der Waals surface area (Å²) < 4.78 is 6.38. The third kappa shape index (κ3) is 7.56. The first-order chi connectivity index (χ1) is 10.7. The number of rotatable bonds is 11. The van der Waals surface area contributed by atoms with E-state index in [1.54, 1.807) is 13.1 Å². The maximum absolute atomic E-state index is 11.6. The molecule has 0 unspecified atom stereocenters. The van der Waals surface area contributed by atoms with Crippen LogP contribution in [-0.2, 0) is 11.3 Å². The summed E-state index contributed by atoms with van der Waals surface area (Å²) in [5.41, 5.74) is 0.913. The topological polar surface area (TPSA) is 47.4 Å². The van der Waals surface area contributed by atoms with E-state index >= 15 is 0 Å². The van der Waals surface area contributed by atoms with Crippen molar-refractivity contribution in [2.45, 2.75) is 27.3 Å². The van der Waals surface area contributed by atoms with Gasteiger partial charge in [-0.3, -0.25) is 4.90 Å². The van der Waals surface area contributed by atoms with Gasteiger partial charge in [-0.25, -0.2) is 14.3 Å². The molecule has 0 aliphatic carbocycles. The van der Waals surface area contributed by atoms with Crippen molar-refractivity contribution < 1.29 is 9.53 Å². The van der Waals surface area contributed by atoms with Crippen molar-refractivity contribution in [3.63, 3.8) is 0 Å². The lowest BCUT2D eigenvalue weighted by atomic mass is 10.4. The van der Waals surface area contributed by atoms with Crippen LogP contribution in [0.15, 0.2) is 12.5 Å². The van der Waals surface area contributed by atoms with E-state index in [0.29, 0.717) is 6.61 Å². The molecular formula is C15H27N3O2S2. The number of aromatic nitrogens is 2. The summed E-state index contributed by atoms with van der Waals surface area (Å²) >= 11 is 3.91. The van der Waals surface area contributed by atoms with Crippen molar-refractivity contribution in [3.05, 3.63) is 18.2 Å². The first kappa shape index (κ1) is 19.4. The highest BCUT2D eigenvalue weighted by Crippen LogP contribution is 2.08. The van der Waals surface area contributed by atoms with Gasteiger partial charge in [0.1, 0.15) is 6.33 Å². The second-order valence-electron chi connectivity index (χ2n) is 4.64. The number of ether oxygens (including phenoxy) is 1. The fourth-order valence-corrected chi connectivity index (χ4v) is 3.27. The van der Waals surface area contributed by atoms with Crippen molar-refractivity contribution in [3.8, 4) is 0 Å². The Morgan fingerprint density at radius 1 is 1.23 bits per heavy atom. The van der Waals surface area contributed by atoms with Crippen LogP contribution in [0.4, 0.5) is 4.79 Å². The van der Waals surface area contributed by atoms with Crippen molar-refractivity contribution in [1.29, 1.82) is 0 Å². The zero-order valence-corrected chi connectivity index (χ0v) is 15.4. The van der Waals surface area contributed by atoms with Crippen molar-refractivity contribution in [2.24, 2.45) is 0 Å². The van der Waals surface area contributed by atoms with E-state index in [4.69, 9.17) is 4.74 Å². The van der Waals surface area contributed by atoms with Gasteiger partial charge in [-0.15, -0.1) is 0 Å². The zero-order valence-electron chi connectivity index (χ0n) is 13.8. The lowest BCUT2D eigenvalue weighted by molar-refractivity contribution is 0.154. The SMILES string of the molecule is CCOC(=O)n1cnc(CN(CCSCC)CCSCC)c1. The van der Waals surface area contributed by atoms with Gasteiger partial charge in [-0.1, -0.05) is 13.8 Å². The maximum atomic E-state index is 11.6. The summed E-state index contributed by atoms with van der Waals surface area (Å²) in [5, 5.41) is 0. The third-order valence-electron chi connectivity index (χ3n) is 3.01. The molecule has 1 rings (SSSR count). The second kappa shape index (κ2) is 11.8. The van der Waals surface area contributed by atoms with E-state index in [9.17, 15) is 4.79 Å². The third-order valence-corrected chi connectivity index (χ3v) is 4.77. The Hall–Kier alpha value is -0.660. The molecule has 22 heavy (non-hydrogen) atoms. The Morgan fingerprint density at radius 3 is 2.41 bits per heavy atom. The molecule has 0 aliphatic heterocycles. The molecule has 126 valence electrons. The van der Waals surface area contributed by atoms with Crippen LogP contribution in [0.1, 0.15) is 26.5 Å². The number of hydrogen-bond acceptors (Lipinski definition) is 6. The van der Waals surface area contributed by atoms with Gasteiger partial charge in [0.15, 0.2) is 0 Å². The van der Waals surface area contributed by atoms with Crippen LogP contribution >= 0.6 is 23.5 Å². The van der Waals surface area contributed by atoms with Gasteiger partial charge in [0.25, 0.3) is 0 Å². The van der Waals surface area contributed by atoms with Gasteiger partial charge in [0.2, 0.25) is 0 Å². The number of carbonyl (C=O) groups is 1. The fourth-order valence-electron chi connectivity index (χ4n) is 1.92. The molecule has 0 saturated heterocycles. The summed E-state index contributed by atoms with van der Waals surface area (Å²) in [4.78, 5) is 18.4. The Kier molecular flexibility index (Phi) is 10.4. The molecule has 0 fully saturated rings. The minimum Gasteiger partial charge on any atom is -0.449 e. The van der Waals surface area contributed by atoms with Gasteiger partial charge in [-0.2, -0.15) is 23.5 Å². The molecule has 5 nitrogen and oxygen atoms in total. The molecule has 0 radical (unpaired) electrons. The molecule has 0 aromatic carbocycles. The summed E-state index contributed by atoms with van der Waals surface area (Å²) in [6, 6.07) is 0. The van der Waals surface area contributed by atoms with Crippen molar-refractivity contribution in [1.82, 2.24) is 14.5 Å². The average molecular weight is 346 g/mol. The van der Waals surface area contributed by atoms with Crippen LogP contribution in [0, 0.1) is 0 Å². The first-order valence-corrected chi connectivity index (χ1v) is 10.1. The Balaban J connectivity index is 2.53. The lowest BCUT2D eigenvalue weighted by Crippen LogP contribution is -2.28. The van der Waals surface area contributed by atoms with E-state index in [-0.39, 0.29) is 6.09 Å². The molecule has 0 aliphatic rings. The minimum absolute atomic E-state index is 0.365. The van der Waals surface area contributed by atoms with E-state index in [1.807, 2.05) is 23.5 Å². The van der Waals surface area contributed by atoms with Crippen LogP contribution < -0.4 is 0 Å². The molecule has 0 amide bonds. The smallest absolute Gasteiger partial charge is 0.419 e. The van der Waals surface area contributed by atoms with E-state index in [1.165, 1.54) is 10.9 Å². The van der Waals surface area contributed by atoms with E-state index in [2.05, 4.69) is 23.7 Å². The Labute approximate surface area is 142 Å². The molecule has 1 heterocycles. The number of imidazole rings is 1. The van der Waals surface area contributed by atoms with E-state index < -0.39 is 0 Å².